The molecule has 0 radical (unpaired) electrons. The average Bonchev–Trinajstić information content (AvgIpc) is 3.48. The Balaban J connectivity index is 1.67. The van der Waals surface area contributed by atoms with Crippen molar-refractivity contribution in [3.05, 3.63) is 64.7 Å². The fourth-order valence-electron chi connectivity index (χ4n) is 4.22. The predicted octanol–water partition coefficient (Wildman–Crippen LogP) is 3.67. The Morgan fingerprint density at radius 3 is 2.44 bits per heavy atom. The monoisotopic (exact) mass is 457 g/mol. The number of aryl methyl sites for hydroxylation is 1. The van der Waals surface area contributed by atoms with E-state index in [9.17, 15) is 18.7 Å². The number of carbonyl (C=O) groups excluding carboxylic acids is 1. The van der Waals surface area contributed by atoms with Crippen LogP contribution in [0.3, 0.4) is 0 Å². The number of amides is 1. The summed E-state index contributed by atoms with van der Waals surface area (Å²) in [6, 6.07) is 13.7. The maximum atomic E-state index is 13.0. The summed E-state index contributed by atoms with van der Waals surface area (Å²) < 4.78 is 21.5. The molecule has 32 heavy (non-hydrogen) atoms. The van der Waals surface area contributed by atoms with Gasteiger partial charge >= 0.3 is 0 Å². The maximum absolute atomic E-state index is 13.0. The van der Waals surface area contributed by atoms with Gasteiger partial charge in [-0.25, -0.2) is 0 Å². The molecule has 1 amide bonds. The molecule has 1 fully saturated rings. The van der Waals surface area contributed by atoms with Crippen molar-refractivity contribution in [2.45, 2.75) is 57.9 Å². The van der Waals surface area contributed by atoms with E-state index in [0.717, 1.165) is 22.4 Å². The van der Waals surface area contributed by atoms with Crippen LogP contribution in [0.15, 0.2) is 42.5 Å². The number of benzene rings is 2. The van der Waals surface area contributed by atoms with Crippen molar-refractivity contribution in [2.24, 2.45) is 5.92 Å². The summed E-state index contributed by atoms with van der Waals surface area (Å²) in [5, 5.41) is 16.1. The molecule has 3 N–H and O–H groups in total. The Hall–Kier alpha value is -2.22. The molecule has 0 bridgehead atoms. The summed E-state index contributed by atoms with van der Waals surface area (Å²) in [6.07, 6.45) is 0.630. The molecule has 3 unspecified atom stereocenters. The topological polar surface area (TPSA) is 101 Å². The van der Waals surface area contributed by atoms with E-state index in [1.54, 1.807) is 0 Å². The van der Waals surface area contributed by atoms with Gasteiger partial charge in [-0.15, -0.1) is 0 Å². The quantitative estimate of drug-likeness (QED) is 0.525. The fraction of sp³-hybridized carbons (Fsp3) is 0.480. The third-order valence-electron chi connectivity index (χ3n) is 6.49. The molecule has 174 valence electrons. The molecule has 0 aliphatic heterocycles. The zero-order valence-corrected chi connectivity index (χ0v) is 20.2. The summed E-state index contributed by atoms with van der Waals surface area (Å²) in [5.74, 6) is -0.466. The lowest BCUT2D eigenvalue weighted by Crippen LogP contribution is -2.32. The van der Waals surface area contributed by atoms with E-state index in [0.29, 0.717) is 6.42 Å². The van der Waals surface area contributed by atoms with E-state index in [-0.39, 0.29) is 35.8 Å². The summed E-state index contributed by atoms with van der Waals surface area (Å²) in [5.41, 5.74) is 4.35. The van der Waals surface area contributed by atoms with Crippen LogP contribution >= 0.6 is 0 Å². The lowest BCUT2D eigenvalue weighted by Gasteiger charge is -2.22. The number of aliphatic hydroxyl groups excluding tert-OH is 1. The van der Waals surface area contributed by atoms with Crippen LogP contribution in [0.2, 0.25) is 0 Å². The number of hydrogen-bond acceptors (Lipinski definition) is 5. The largest absolute Gasteiger partial charge is 0.771 e. The summed E-state index contributed by atoms with van der Waals surface area (Å²) in [7, 11) is 0. The number of hydrogen-bond donors (Lipinski definition) is 3. The first-order chi connectivity index (χ1) is 15.0. The lowest BCUT2D eigenvalue weighted by atomic mass is 9.84. The van der Waals surface area contributed by atoms with Crippen LogP contribution in [0, 0.1) is 12.8 Å². The van der Waals surface area contributed by atoms with Gasteiger partial charge in [-0.1, -0.05) is 57.2 Å². The summed E-state index contributed by atoms with van der Waals surface area (Å²) >= 11 is -2.16. The first-order valence-electron chi connectivity index (χ1n) is 10.9. The molecule has 4 atom stereocenters. The van der Waals surface area contributed by atoms with E-state index in [1.165, 1.54) is 5.56 Å². The van der Waals surface area contributed by atoms with Crippen molar-refractivity contribution in [3.63, 3.8) is 0 Å². The molecule has 0 aromatic heterocycles. The van der Waals surface area contributed by atoms with Gasteiger partial charge in [-0.3, -0.25) is 9.00 Å². The van der Waals surface area contributed by atoms with Crippen LogP contribution in [-0.2, 0) is 26.7 Å². The van der Waals surface area contributed by atoms with Crippen molar-refractivity contribution >= 4 is 22.7 Å². The van der Waals surface area contributed by atoms with Gasteiger partial charge in [-0.05, 0) is 65.1 Å². The normalized spacial score (nSPS) is 22.2. The van der Waals surface area contributed by atoms with Crippen molar-refractivity contribution < 1.29 is 18.7 Å². The minimum absolute atomic E-state index is 0.0515. The molecule has 1 saturated carbocycles. The van der Waals surface area contributed by atoms with E-state index in [2.05, 4.69) is 43.5 Å². The van der Waals surface area contributed by atoms with E-state index >= 15 is 0 Å². The third-order valence-corrected chi connectivity index (χ3v) is 6.87. The average molecular weight is 458 g/mol. The molecular formula is C25H33N2O4S-. The SMILES string of the molecule is Cc1cc([C@@H](C)NC(=O)C2CC2(CO)c2ccc(C(C)(C)C)cc2)ccc1NCS(=O)[O-]. The maximum Gasteiger partial charge on any atom is 0.224 e. The van der Waals surface area contributed by atoms with Crippen molar-refractivity contribution in [1.29, 1.82) is 0 Å². The highest BCUT2D eigenvalue weighted by atomic mass is 32.2. The molecule has 0 spiro atoms. The van der Waals surface area contributed by atoms with Gasteiger partial charge in [0.15, 0.2) is 0 Å². The zero-order chi connectivity index (χ0) is 23.7. The highest BCUT2D eigenvalue weighted by Gasteiger charge is 2.59. The van der Waals surface area contributed by atoms with Gasteiger partial charge in [0, 0.05) is 11.1 Å². The van der Waals surface area contributed by atoms with Crippen LogP contribution in [0.5, 0.6) is 0 Å². The lowest BCUT2D eigenvalue weighted by molar-refractivity contribution is -0.123. The molecule has 7 heteroatoms. The van der Waals surface area contributed by atoms with Gasteiger partial charge in [0.1, 0.15) is 0 Å². The molecule has 3 rings (SSSR count). The van der Waals surface area contributed by atoms with E-state index in [1.807, 2.05) is 44.2 Å². The minimum Gasteiger partial charge on any atom is -0.771 e. The molecule has 1 aliphatic carbocycles. The smallest absolute Gasteiger partial charge is 0.224 e. The second kappa shape index (κ2) is 9.33. The molecule has 2 aromatic rings. The minimum atomic E-state index is -2.16. The van der Waals surface area contributed by atoms with E-state index < -0.39 is 16.5 Å². The molecule has 0 heterocycles. The van der Waals surface area contributed by atoms with Crippen LogP contribution in [0.1, 0.15) is 62.4 Å². The Kier molecular flexibility index (Phi) is 7.12. The molecule has 0 saturated heterocycles. The molecule has 6 nitrogen and oxygen atoms in total. The van der Waals surface area contributed by atoms with E-state index in [4.69, 9.17) is 0 Å². The molecule has 1 aliphatic rings. The van der Waals surface area contributed by atoms with Crippen LogP contribution in [0.25, 0.3) is 0 Å². The van der Waals surface area contributed by atoms with Gasteiger partial charge in [-0.2, -0.15) is 0 Å². The Labute approximate surface area is 193 Å². The Morgan fingerprint density at radius 1 is 1.25 bits per heavy atom. The first kappa shape index (κ1) is 24.4. The second-order valence-corrected chi connectivity index (χ2v) is 10.7. The van der Waals surface area contributed by atoms with Crippen molar-refractivity contribution in [1.82, 2.24) is 5.32 Å². The van der Waals surface area contributed by atoms with Crippen LogP contribution < -0.4 is 10.6 Å². The van der Waals surface area contributed by atoms with Crippen molar-refractivity contribution in [3.8, 4) is 0 Å². The fourth-order valence-corrected chi connectivity index (χ4v) is 4.50. The van der Waals surface area contributed by atoms with Gasteiger partial charge in [0.2, 0.25) is 5.91 Å². The number of anilines is 1. The zero-order valence-electron chi connectivity index (χ0n) is 19.4. The predicted molar refractivity (Wildman–Crippen MR) is 127 cm³/mol. The number of aliphatic hydroxyl groups is 1. The van der Waals surface area contributed by atoms with Crippen molar-refractivity contribution in [2.75, 3.05) is 17.8 Å². The third kappa shape index (κ3) is 5.22. The van der Waals surface area contributed by atoms with Gasteiger partial charge < -0.3 is 20.3 Å². The summed E-state index contributed by atoms with van der Waals surface area (Å²) in [4.78, 5) is 13.0. The molecule has 2 aromatic carbocycles. The number of rotatable bonds is 8. The second-order valence-electron chi connectivity index (χ2n) is 9.83. The Morgan fingerprint density at radius 2 is 1.91 bits per heavy atom. The van der Waals surface area contributed by atoms with Crippen LogP contribution in [0.4, 0.5) is 5.69 Å². The number of nitrogens with one attached hydrogen (secondary N) is 2. The first-order valence-corrected chi connectivity index (χ1v) is 12.1. The number of carbonyl (C=O) groups is 1. The standard InChI is InChI=1S/C25H34N2O4S/c1-16-12-18(6-11-22(16)26-15-32(30)31)17(2)27-23(29)21-13-25(21,14-28)20-9-7-19(8-10-20)24(3,4)5/h6-12,17,21,26,28H,13-15H2,1-5H3,(H,27,29)(H,30,31)/p-1/t17-,21?,25?/m1/s1. The summed E-state index contributed by atoms with van der Waals surface area (Å²) in [6.45, 7) is 10.2. The molecular weight excluding hydrogens is 424 g/mol. The highest BCUT2D eigenvalue weighted by Crippen LogP contribution is 2.54. The van der Waals surface area contributed by atoms with Gasteiger partial charge in [0.05, 0.1) is 24.4 Å². The van der Waals surface area contributed by atoms with Gasteiger partial charge in [0.25, 0.3) is 0 Å². The Bertz CT molecular complexity index is 1000. The highest BCUT2D eigenvalue weighted by molar-refractivity contribution is 7.79. The van der Waals surface area contributed by atoms with Crippen LogP contribution in [-0.4, -0.2) is 32.3 Å².